The van der Waals surface area contributed by atoms with Crippen molar-refractivity contribution in [3.8, 4) is 11.5 Å². The molecular weight excluding hydrogens is 645 g/mol. The van der Waals surface area contributed by atoms with E-state index in [-0.39, 0.29) is 35.5 Å². The Morgan fingerprint density at radius 2 is 1.55 bits per heavy atom. The van der Waals surface area contributed by atoms with Crippen LogP contribution in [0.4, 0.5) is 10.1 Å². The average Bonchev–Trinajstić information content (AvgIpc) is 3.63. The number of benzene rings is 4. The molecular formula is C38H42FN3O6S. The van der Waals surface area contributed by atoms with Gasteiger partial charge in [0, 0.05) is 19.0 Å². The Morgan fingerprint density at radius 3 is 2.20 bits per heavy atom. The fourth-order valence-corrected chi connectivity index (χ4v) is 7.44. The molecule has 258 valence electrons. The van der Waals surface area contributed by atoms with Crippen LogP contribution in [0.5, 0.6) is 11.5 Å². The Labute approximate surface area is 287 Å². The highest BCUT2D eigenvalue weighted by molar-refractivity contribution is 7.92. The van der Waals surface area contributed by atoms with Crippen LogP contribution >= 0.6 is 0 Å². The molecule has 0 aromatic heterocycles. The largest absolute Gasteiger partial charge is 0.497 e. The number of methoxy groups -OCH3 is 1. The molecule has 4 aromatic rings. The van der Waals surface area contributed by atoms with Gasteiger partial charge in [-0.25, -0.2) is 12.8 Å². The molecule has 1 atom stereocenters. The minimum Gasteiger partial charge on any atom is -0.497 e. The highest BCUT2D eigenvalue weighted by Gasteiger charge is 2.35. The lowest BCUT2D eigenvalue weighted by atomic mass is 10.0. The van der Waals surface area contributed by atoms with Crippen molar-refractivity contribution < 1.29 is 31.9 Å². The summed E-state index contributed by atoms with van der Waals surface area (Å²) in [7, 11) is -2.80. The second kappa shape index (κ2) is 16.5. The fourth-order valence-electron chi connectivity index (χ4n) is 6.03. The first kappa shape index (κ1) is 35.4. The van der Waals surface area contributed by atoms with Gasteiger partial charge in [0.15, 0.2) is 0 Å². The van der Waals surface area contributed by atoms with Gasteiger partial charge in [-0.1, -0.05) is 55.3 Å². The number of rotatable bonds is 15. The Bertz CT molecular complexity index is 1800. The topological polar surface area (TPSA) is 105 Å². The summed E-state index contributed by atoms with van der Waals surface area (Å²) in [4.78, 5) is 30.2. The first-order valence-electron chi connectivity index (χ1n) is 16.5. The summed E-state index contributed by atoms with van der Waals surface area (Å²) in [5, 5.41) is 3.16. The van der Waals surface area contributed by atoms with Crippen LogP contribution in [-0.2, 0) is 32.6 Å². The Balaban J connectivity index is 1.56. The number of nitrogens with zero attached hydrogens (tertiary/aromatic N) is 2. The summed E-state index contributed by atoms with van der Waals surface area (Å²) in [6, 6.07) is 26.4. The highest BCUT2D eigenvalue weighted by Crippen LogP contribution is 2.27. The van der Waals surface area contributed by atoms with Crippen molar-refractivity contribution >= 4 is 27.5 Å². The molecule has 4 aromatic carbocycles. The van der Waals surface area contributed by atoms with Gasteiger partial charge in [0.2, 0.25) is 11.8 Å². The van der Waals surface area contributed by atoms with Crippen molar-refractivity contribution in [3.05, 3.63) is 120 Å². The molecule has 11 heteroatoms. The predicted molar refractivity (Wildman–Crippen MR) is 186 cm³/mol. The molecule has 0 bridgehead atoms. The molecule has 1 aliphatic rings. The second-order valence-electron chi connectivity index (χ2n) is 12.0. The van der Waals surface area contributed by atoms with Crippen molar-refractivity contribution in [2.45, 2.75) is 62.6 Å². The zero-order valence-corrected chi connectivity index (χ0v) is 28.6. The SMILES string of the molecule is CCOc1ccc(S(=O)(=O)N(CC(=O)N(Cc2cccc(OC)c2)[C@H](Cc2ccccc2)C(=O)NC2CCCC2)c2ccc(F)cc2)cc1. The van der Waals surface area contributed by atoms with Crippen LogP contribution < -0.4 is 19.1 Å². The third-order valence-electron chi connectivity index (χ3n) is 8.58. The maximum Gasteiger partial charge on any atom is 0.264 e. The van der Waals surface area contributed by atoms with E-state index in [4.69, 9.17) is 9.47 Å². The molecule has 0 unspecified atom stereocenters. The lowest BCUT2D eigenvalue weighted by Crippen LogP contribution is -2.54. The van der Waals surface area contributed by atoms with Crippen molar-refractivity contribution in [2.24, 2.45) is 0 Å². The van der Waals surface area contributed by atoms with Gasteiger partial charge >= 0.3 is 0 Å². The van der Waals surface area contributed by atoms with Gasteiger partial charge < -0.3 is 19.7 Å². The van der Waals surface area contributed by atoms with E-state index in [1.807, 2.05) is 43.3 Å². The molecule has 0 spiro atoms. The lowest BCUT2D eigenvalue weighted by molar-refractivity contribution is -0.140. The number of ether oxygens (including phenoxy) is 2. The number of hydrogen-bond donors (Lipinski definition) is 1. The predicted octanol–water partition coefficient (Wildman–Crippen LogP) is 6.13. The van der Waals surface area contributed by atoms with E-state index in [0.717, 1.165) is 47.7 Å². The molecule has 1 N–H and O–H groups in total. The normalized spacial score (nSPS) is 13.8. The second-order valence-corrected chi connectivity index (χ2v) is 13.8. The summed E-state index contributed by atoms with van der Waals surface area (Å²) >= 11 is 0. The average molecular weight is 688 g/mol. The number of nitrogens with one attached hydrogen (secondary N) is 1. The van der Waals surface area contributed by atoms with Gasteiger partial charge in [-0.3, -0.25) is 13.9 Å². The number of sulfonamides is 1. The molecule has 1 saturated carbocycles. The smallest absolute Gasteiger partial charge is 0.264 e. The van der Waals surface area contributed by atoms with Crippen molar-refractivity contribution in [1.82, 2.24) is 10.2 Å². The molecule has 1 aliphatic carbocycles. The number of anilines is 1. The number of carbonyl (C=O) groups is 2. The van der Waals surface area contributed by atoms with Crippen molar-refractivity contribution in [3.63, 3.8) is 0 Å². The molecule has 5 rings (SSSR count). The standard InChI is InChI=1S/C38H42FN3O6S/c1-3-48-33-20-22-35(23-21-33)49(45,46)42(32-18-16-30(39)17-19-32)27-37(43)41(26-29-12-9-15-34(24-29)47-2)36(25-28-10-5-4-6-11-28)38(44)40-31-13-7-8-14-31/h4-6,9-12,15-24,31,36H,3,7-8,13-14,25-27H2,1-2H3,(H,40,44)/t36-/m1/s1. The molecule has 49 heavy (non-hydrogen) atoms. The van der Waals surface area contributed by atoms with Crippen LogP contribution in [0.3, 0.4) is 0 Å². The summed E-state index contributed by atoms with van der Waals surface area (Å²) < 4.78 is 54.4. The third-order valence-corrected chi connectivity index (χ3v) is 10.4. The van der Waals surface area contributed by atoms with Crippen LogP contribution in [0.2, 0.25) is 0 Å². The summed E-state index contributed by atoms with van der Waals surface area (Å²) in [5.41, 5.74) is 1.64. The van der Waals surface area contributed by atoms with E-state index in [2.05, 4.69) is 5.32 Å². The highest BCUT2D eigenvalue weighted by atomic mass is 32.2. The van der Waals surface area contributed by atoms with Crippen LogP contribution in [0.15, 0.2) is 108 Å². The van der Waals surface area contributed by atoms with Gasteiger partial charge in [0.25, 0.3) is 10.0 Å². The minimum atomic E-state index is -4.35. The van der Waals surface area contributed by atoms with E-state index < -0.39 is 34.3 Å². The molecule has 0 saturated heterocycles. The maximum atomic E-state index is 14.7. The molecule has 0 aliphatic heterocycles. The van der Waals surface area contributed by atoms with Crippen molar-refractivity contribution in [2.75, 3.05) is 24.6 Å². The van der Waals surface area contributed by atoms with Gasteiger partial charge in [-0.2, -0.15) is 0 Å². The van der Waals surface area contributed by atoms with Gasteiger partial charge in [-0.05, 0) is 91.6 Å². The maximum absolute atomic E-state index is 14.7. The van der Waals surface area contributed by atoms with Gasteiger partial charge in [0.1, 0.15) is 29.9 Å². The van der Waals surface area contributed by atoms with E-state index in [1.165, 1.54) is 29.2 Å². The van der Waals surface area contributed by atoms with E-state index in [9.17, 15) is 22.4 Å². The van der Waals surface area contributed by atoms with Crippen LogP contribution in [0, 0.1) is 5.82 Å². The van der Waals surface area contributed by atoms with E-state index >= 15 is 0 Å². The number of carbonyl (C=O) groups excluding carboxylic acids is 2. The van der Waals surface area contributed by atoms with Gasteiger partial charge in [-0.15, -0.1) is 0 Å². The summed E-state index contributed by atoms with van der Waals surface area (Å²) in [5.74, 6) is -0.406. The van der Waals surface area contributed by atoms with Crippen molar-refractivity contribution in [1.29, 1.82) is 0 Å². The van der Waals surface area contributed by atoms with Crippen LogP contribution in [0.1, 0.15) is 43.7 Å². The summed E-state index contributed by atoms with van der Waals surface area (Å²) in [6.07, 6.45) is 3.93. The Hall–Kier alpha value is -4.90. The summed E-state index contributed by atoms with van der Waals surface area (Å²) in [6.45, 7) is 1.59. The quantitative estimate of drug-likeness (QED) is 0.161. The first-order chi connectivity index (χ1) is 23.7. The molecule has 9 nitrogen and oxygen atoms in total. The van der Waals surface area contributed by atoms with E-state index in [1.54, 1.807) is 37.4 Å². The van der Waals surface area contributed by atoms with Crippen LogP contribution in [-0.4, -0.2) is 57.5 Å². The van der Waals surface area contributed by atoms with Gasteiger partial charge in [0.05, 0.1) is 24.3 Å². The molecule has 0 heterocycles. The third kappa shape index (κ3) is 9.17. The number of hydrogen-bond acceptors (Lipinski definition) is 6. The fraction of sp³-hybridized carbons (Fsp3) is 0.316. The monoisotopic (exact) mass is 687 g/mol. The lowest BCUT2D eigenvalue weighted by Gasteiger charge is -2.34. The Kier molecular flexibility index (Phi) is 11.9. The first-order valence-corrected chi connectivity index (χ1v) is 17.9. The zero-order chi connectivity index (χ0) is 34.8. The van der Waals surface area contributed by atoms with E-state index in [0.29, 0.717) is 23.7 Å². The number of amides is 2. The number of halogens is 1. The molecule has 2 amide bonds. The Morgan fingerprint density at radius 1 is 0.878 bits per heavy atom. The minimum absolute atomic E-state index is 0.00436. The zero-order valence-electron chi connectivity index (χ0n) is 27.8. The molecule has 0 radical (unpaired) electrons. The van der Waals surface area contributed by atoms with Crippen LogP contribution in [0.25, 0.3) is 0 Å². The molecule has 1 fully saturated rings.